The molecule has 0 aromatic heterocycles. The van der Waals surface area contributed by atoms with Crippen LogP contribution in [0.15, 0.2) is 15.2 Å². The summed E-state index contributed by atoms with van der Waals surface area (Å²) in [5.41, 5.74) is 5.24. The van der Waals surface area contributed by atoms with Crippen LogP contribution in [0.3, 0.4) is 0 Å². The summed E-state index contributed by atoms with van der Waals surface area (Å²) in [5, 5.41) is 6.52. The molecule has 0 bridgehead atoms. The number of azo groups is 1. The maximum atomic E-state index is 10.7. The maximum absolute atomic E-state index is 10.7. The van der Waals surface area contributed by atoms with Crippen LogP contribution in [0.4, 0.5) is 4.79 Å². The Balaban J connectivity index is 2.49. The van der Waals surface area contributed by atoms with Crippen LogP contribution < -0.4 is 5.73 Å². The van der Waals surface area contributed by atoms with E-state index in [-0.39, 0.29) is 0 Å². The molecule has 1 atom stereocenters. The molecule has 13 heavy (non-hydrogen) atoms. The van der Waals surface area contributed by atoms with Gasteiger partial charge >= 0.3 is 18.1 Å². The van der Waals surface area contributed by atoms with Crippen molar-refractivity contribution in [3.05, 3.63) is 0 Å². The molecule has 0 aromatic carbocycles. The van der Waals surface area contributed by atoms with Crippen molar-refractivity contribution < 1.29 is 19.1 Å². The molecule has 0 radical (unpaired) electrons. The van der Waals surface area contributed by atoms with Gasteiger partial charge in [0.25, 0.3) is 0 Å². The third-order valence-corrected chi connectivity index (χ3v) is 0.956. The molecule has 1 rings (SSSR count). The van der Waals surface area contributed by atoms with Crippen molar-refractivity contribution in [2.24, 2.45) is 21.0 Å². The van der Waals surface area contributed by atoms with Crippen molar-refractivity contribution in [2.75, 3.05) is 0 Å². The van der Waals surface area contributed by atoms with Crippen LogP contribution in [-0.2, 0) is 14.3 Å². The lowest BCUT2D eigenvalue weighted by atomic mass is 10.8. The average molecular weight is 186 g/mol. The Morgan fingerprint density at radius 3 is 2.69 bits per heavy atom. The number of carbonyl (C=O) groups is 2. The summed E-state index contributed by atoms with van der Waals surface area (Å²) in [7, 11) is 0. The van der Waals surface area contributed by atoms with Crippen molar-refractivity contribution in [2.45, 2.75) is 12.9 Å². The number of ether oxygens (including phenoxy) is 2. The minimum atomic E-state index is -1.90. The molecular formula is C5H6N4O4. The predicted octanol–water partition coefficient (Wildman–Crippen LogP) is -0.250. The van der Waals surface area contributed by atoms with Gasteiger partial charge in [0.15, 0.2) is 0 Å². The summed E-state index contributed by atoms with van der Waals surface area (Å²) in [6.07, 6.45) is -0.255. The molecule has 0 saturated carbocycles. The first-order chi connectivity index (χ1) is 6.02. The van der Waals surface area contributed by atoms with Crippen LogP contribution in [-0.4, -0.2) is 24.4 Å². The monoisotopic (exact) mass is 186 g/mol. The van der Waals surface area contributed by atoms with Gasteiger partial charge in [-0.15, -0.1) is 5.11 Å². The van der Waals surface area contributed by atoms with Crippen molar-refractivity contribution in [3.63, 3.8) is 0 Å². The summed E-state index contributed by atoms with van der Waals surface area (Å²) in [4.78, 5) is 24.4. The fraction of sp³-hybridized carbons (Fsp3) is 0.400. The van der Waals surface area contributed by atoms with Crippen LogP contribution in [0.1, 0.15) is 6.92 Å². The number of carbonyl (C=O) groups excluding carboxylic acids is 2. The first kappa shape index (κ1) is 9.26. The van der Waals surface area contributed by atoms with E-state index in [4.69, 9.17) is 5.73 Å². The van der Waals surface area contributed by atoms with Gasteiger partial charge in [-0.25, -0.2) is 4.79 Å². The Bertz CT molecular complexity index is 285. The highest BCUT2D eigenvalue weighted by molar-refractivity contribution is 5.80. The van der Waals surface area contributed by atoms with Crippen molar-refractivity contribution in [1.29, 1.82) is 0 Å². The van der Waals surface area contributed by atoms with E-state index in [2.05, 4.69) is 24.7 Å². The number of esters is 1. The lowest BCUT2D eigenvalue weighted by Gasteiger charge is -2.13. The van der Waals surface area contributed by atoms with Gasteiger partial charge in [0.2, 0.25) is 0 Å². The topological polar surface area (TPSA) is 116 Å². The fourth-order valence-corrected chi connectivity index (χ4v) is 0.551. The van der Waals surface area contributed by atoms with Gasteiger partial charge in [0.1, 0.15) is 6.34 Å². The summed E-state index contributed by atoms with van der Waals surface area (Å²) in [5.74, 6) is -2.71. The number of hydrogen-bond acceptors (Lipinski definition) is 8. The van der Waals surface area contributed by atoms with E-state index in [0.717, 1.165) is 13.3 Å². The average Bonchev–Trinajstić information content (AvgIpc) is 2.33. The molecule has 0 spiro atoms. The van der Waals surface area contributed by atoms with Gasteiger partial charge in [-0.05, 0) is 0 Å². The number of nitrogens with two attached hydrogens (primary N) is 1. The molecule has 1 aliphatic rings. The van der Waals surface area contributed by atoms with Gasteiger partial charge < -0.3 is 9.47 Å². The lowest BCUT2D eigenvalue weighted by Crippen LogP contribution is -2.39. The highest BCUT2D eigenvalue weighted by Gasteiger charge is 2.32. The molecule has 0 fully saturated rings. The molecule has 0 aromatic rings. The van der Waals surface area contributed by atoms with Crippen LogP contribution in [0, 0.1) is 0 Å². The largest absolute Gasteiger partial charge is 0.520 e. The number of nitrogens with zero attached hydrogens (tertiary/aromatic N) is 3. The zero-order valence-electron chi connectivity index (χ0n) is 6.63. The third-order valence-electron chi connectivity index (χ3n) is 0.956. The molecule has 8 heteroatoms. The molecule has 0 amide bonds. The molecule has 8 nitrogen and oxygen atoms in total. The Hall–Kier alpha value is -1.83. The quantitative estimate of drug-likeness (QED) is 0.344. The first-order valence-electron chi connectivity index (χ1n) is 3.18. The molecular weight excluding hydrogens is 180 g/mol. The van der Waals surface area contributed by atoms with E-state index in [0.29, 0.717) is 0 Å². The van der Waals surface area contributed by atoms with Gasteiger partial charge in [0.05, 0.1) is 0 Å². The van der Waals surface area contributed by atoms with E-state index < -0.39 is 18.1 Å². The first-order valence-corrected chi connectivity index (χ1v) is 3.18. The normalized spacial score (nSPS) is 24.5. The lowest BCUT2D eigenvalue weighted by molar-refractivity contribution is -0.139. The maximum Gasteiger partial charge on any atom is 0.520 e. The Morgan fingerprint density at radius 1 is 1.54 bits per heavy atom. The second-order valence-corrected chi connectivity index (χ2v) is 2.06. The standard InChI is InChI=1S/C5H6N4O4/c1-3(10)12-4(11)13-5(6)7-2-8-9-5/h2H,6H2,1H3. The van der Waals surface area contributed by atoms with Gasteiger partial charge in [-0.1, -0.05) is 5.11 Å². The van der Waals surface area contributed by atoms with E-state index in [1.165, 1.54) is 0 Å². The molecule has 0 saturated heterocycles. The number of aliphatic imine (C=N–C) groups is 1. The molecule has 1 heterocycles. The summed E-state index contributed by atoms with van der Waals surface area (Å²) >= 11 is 0. The van der Waals surface area contributed by atoms with Crippen LogP contribution in [0.5, 0.6) is 0 Å². The van der Waals surface area contributed by atoms with Crippen molar-refractivity contribution in [1.82, 2.24) is 0 Å². The van der Waals surface area contributed by atoms with E-state index in [1.54, 1.807) is 0 Å². The SMILES string of the molecule is CC(=O)OC(=O)OC1(N)N=CN=N1. The van der Waals surface area contributed by atoms with E-state index in [1.807, 2.05) is 0 Å². The zero-order valence-corrected chi connectivity index (χ0v) is 6.63. The van der Waals surface area contributed by atoms with Crippen LogP contribution >= 0.6 is 0 Å². The fourth-order valence-electron chi connectivity index (χ4n) is 0.551. The molecule has 1 aliphatic heterocycles. The van der Waals surface area contributed by atoms with Gasteiger partial charge in [-0.2, -0.15) is 4.99 Å². The molecule has 70 valence electrons. The highest BCUT2D eigenvalue weighted by atomic mass is 16.8. The molecule has 2 N–H and O–H groups in total. The van der Waals surface area contributed by atoms with Crippen LogP contribution in [0.25, 0.3) is 0 Å². The molecule has 0 aliphatic carbocycles. The van der Waals surface area contributed by atoms with Crippen molar-refractivity contribution in [3.8, 4) is 0 Å². The summed E-state index contributed by atoms with van der Waals surface area (Å²) in [6.45, 7) is 1.05. The third kappa shape index (κ3) is 2.60. The second-order valence-electron chi connectivity index (χ2n) is 2.06. The summed E-state index contributed by atoms with van der Waals surface area (Å²) < 4.78 is 8.37. The van der Waals surface area contributed by atoms with Gasteiger partial charge in [0, 0.05) is 6.92 Å². The Morgan fingerprint density at radius 2 is 2.23 bits per heavy atom. The Kier molecular flexibility index (Phi) is 2.33. The number of rotatable bonds is 1. The smallest absolute Gasteiger partial charge is 0.369 e. The van der Waals surface area contributed by atoms with E-state index >= 15 is 0 Å². The van der Waals surface area contributed by atoms with Crippen LogP contribution in [0.2, 0.25) is 0 Å². The predicted molar refractivity (Wildman–Crippen MR) is 38.5 cm³/mol. The second kappa shape index (κ2) is 3.27. The van der Waals surface area contributed by atoms with Crippen molar-refractivity contribution >= 4 is 18.5 Å². The van der Waals surface area contributed by atoms with E-state index in [9.17, 15) is 9.59 Å². The Labute approximate surface area is 72.4 Å². The van der Waals surface area contributed by atoms with Gasteiger partial charge in [-0.3, -0.25) is 10.5 Å². The minimum absolute atomic E-state index is 0.812. The molecule has 1 unspecified atom stereocenters. The summed E-state index contributed by atoms with van der Waals surface area (Å²) in [6, 6.07) is 0. The number of hydrogen-bond donors (Lipinski definition) is 1. The minimum Gasteiger partial charge on any atom is -0.369 e. The zero-order chi connectivity index (χ0) is 9.90. The highest BCUT2D eigenvalue weighted by Crippen LogP contribution is 2.12.